The lowest BCUT2D eigenvalue weighted by Gasteiger charge is -2.42. The number of carbonyl (C=O) groups is 1. The minimum Gasteiger partial charge on any atom is -0.347 e. The summed E-state index contributed by atoms with van der Waals surface area (Å²) in [6.45, 7) is 6.85. The van der Waals surface area contributed by atoms with Crippen LogP contribution >= 0.6 is 0 Å². The molecular weight excluding hydrogens is 228 g/mol. The first-order valence-corrected chi connectivity index (χ1v) is 6.60. The molecule has 1 aromatic rings. The van der Waals surface area contributed by atoms with Gasteiger partial charge in [0.05, 0.1) is 6.20 Å². The van der Waals surface area contributed by atoms with Gasteiger partial charge in [-0.05, 0) is 36.0 Å². The predicted molar refractivity (Wildman–Crippen MR) is 66.9 cm³/mol. The Bertz CT molecular complexity index is 463. The number of H-pyrrole nitrogens is 1. The van der Waals surface area contributed by atoms with Crippen LogP contribution in [0.2, 0.25) is 0 Å². The summed E-state index contributed by atoms with van der Waals surface area (Å²) in [6, 6.07) is 0.230. The van der Waals surface area contributed by atoms with E-state index < -0.39 is 0 Å². The van der Waals surface area contributed by atoms with Gasteiger partial charge in [-0.3, -0.25) is 4.79 Å². The lowest BCUT2D eigenvalue weighted by atomic mass is 9.68. The van der Waals surface area contributed by atoms with E-state index in [2.05, 4.69) is 41.5 Å². The monoisotopic (exact) mass is 248 g/mol. The molecule has 18 heavy (non-hydrogen) atoms. The SMILES string of the molecule is CC12CCC(C1)C(C)(C)C2NC(=O)c1cn[nH]n1. The van der Waals surface area contributed by atoms with Crippen molar-refractivity contribution in [1.82, 2.24) is 20.7 Å². The molecule has 0 saturated heterocycles. The molecule has 2 N–H and O–H groups in total. The van der Waals surface area contributed by atoms with Gasteiger partial charge in [0.2, 0.25) is 0 Å². The van der Waals surface area contributed by atoms with E-state index >= 15 is 0 Å². The first-order chi connectivity index (χ1) is 8.43. The number of aromatic amines is 1. The average molecular weight is 248 g/mol. The molecule has 0 aromatic carbocycles. The Morgan fingerprint density at radius 2 is 2.28 bits per heavy atom. The van der Waals surface area contributed by atoms with Crippen LogP contribution in [0, 0.1) is 16.7 Å². The van der Waals surface area contributed by atoms with E-state index in [-0.39, 0.29) is 22.8 Å². The minimum absolute atomic E-state index is 0.115. The summed E-state index contributed by atoms with van der Waals surface area (Å²) in [5.74, 6) is 0.612. The number of nitrogens with one attached hydrogen (secondary N) is 2. The Balaban J connectivity index is 1.82. The minimum atomic E-state index is -0.115. The molecule has 2 bridgehead atoms. The average Bonchev–Trinajstić information content (AvgIpc) is 2.96. The van der Waals surface area contributed by atoms with E-state index in [4.69, 9.17) is 0 Å². The number of nitrogens with zero attached hydrogens (tertiary/aromatic N) is 2. The zero-order valence-electron chi connectivity index (χ0n) is 11.2. The fraction of sp³-hybridized carbons (Fsp3) is 0.769. The molecule has 1 amide bonds. The highest BCUT2D eigenvalue weighted by molar-refractivity contribution is 5.92. The third-order valence-electron chi connectivity index (χ3n) is 5.19. The highest BCUT2D eigenvalue weighted by Crippen LogP contribution is 2.62. The summed E-state index contributed by atoms with van der Waals surface area (Å²) in [7, 11) is 0. The van der Waals surface area contributed by atoms with E-state index in [0.717, 1.165) is 5.92 Å². The zero-order chi connectivity index (χ0) is 13.0. The van der Waals surface area contributed by atoms with Crippen molar-refractivity contribution in [3.63, 3.8) is 0 Å². The van der Waals surface area contributed by atoms with Crippen LogP contribution < -0.4 is 5.32 Å². The summed E-state index contributed by atoms with van der Waals surface area (Å²) in [4.78, 5) is 12.1. The summed E-state index contributed by atoms with van der Waals surface area (Å²) in [6.07, 6.45) is 5.20. The van der Waals surface area contributed by atoms with Gasteiger partial charge < -0.3 is 5.32 Å². The maximum Gasteiger partial charge on any atom is 0.273 e. The Hall–Kier alpha value is -1.39. The Morgan fingerprint density at radius 1 is 1.50 bits per heavy atom. The highest BCUT2D eigenvalue weighted by Gasteiger charge is 2.59. The number of hydrogen-bond donors (Lipinski definition) is 2. The molecule has 0 spiro atoms. The predicted octanol–water partition coefficient (Wildman–Crippen LogP) is 1.75. The summed E-state index contributed by atoms with van der Waals surface area (Å²) in [5, 5.41) is 13.2. The van der Waals surface area contributed by atoms with Gasteiger partial charge >= 0.3 is 0 Å². The molecule has 2 aliphatic carbocycles. The molecule has 5 heteroatoms. The molecule has 2 aliphatic rings. The molecule has 2 saturated carbocycles. The molecule has 3 rings (SSSR count). The van der Waals surface area contributed by atoms with Crippen molar-refractivity contribution >= 4 is 5.91 Å². The van der Waals surface area contributed by atoms with Crippen LogP contribution in [-0.2, 0) is 0 Å². The summed E-state index contributed by atoms with van der Waals surface area (Å²) >= 11 is 0. The zero-order valence-corrected chi connectivity index (χ0v) is 11.2. The molecule has 5 nitrogen and oxygen atoms in total. The summed E-state index contributed by atoms with van der Waals surface area (Å²) < 4.78 is 0. The van der Waals surface area contributed by atoms with Crippen molar-refractivity contribution in [2.45, 2.75) is 46.1 Å². The van der Waals surface area contributed by atoms with Crippen LogP contribution in [0.15, 0.2) is 6.20 Å². The van der Waals surface area contributed by atoms with Crippen LogP contribution in [0.25, 0.3) is 0 Å². The second kappa shape index (κ2) is 3.56. The maximum atomic E-state index is 12.1. The number of fused-ring (bicyclic) bond motifs is 2. The van der Waals surface area contributed by atoms with Gasteiger partial charge in [-0.25, -0.2) is 0 Å². The van der Waals surface area contributed by atoms with Gasteiger partial charge in [0.25, 0.3) is 5.91 Å². The molecule has 98 valence electrons. The van der Waals surface area contributed by atoms with E-state index in [1.54, 1.807) is 0 Å². The number of hydrogen-bond acceptors (Lipinski definition) is 3. The first-order valence-electron chi connectivity index (χ1n) is 6.60. The fourth-order valence-electron chi connectivity index (χ4n) is 4.18. The van der Waals surface area contributed by atoms with Crippen molar-refractivity contribution in [3.05, 3.63) is 11.9 Å². The van der Waals surface area contributed by atoms with Crippen LogP contribution in [0.5, 0.6) is 0 Å². The Kier molecular flexibility index (Phi) is 2.31. The van der Waals surface area contributed by atoms with Gasteiger partial charge in [-0.2, -0.15) is 15.4 Å². The lowest BCUT2D eigenvalue weighted by Crippen LogP contribution is -2.52. The largest absolute Gasteiger partial charge is 0.347 e. The van der Waals surface area contributed by atoms with Gasteiger partial charge in [-0.15, -0.1) is 0 Å². The third kappa shape index (κ3) is 1.49. The molecule has 1 aromatic heterocycles. The van der Waals surface area contributed by atoms with Crippen molar-refractivity contribution < 1.29 is 4.79 Å². The second-order valence-corrected chi connectivity index (χ2v) is 6.68. The Morgan fingerprint density at radius 3 is 2.83 bits per heavy atom. The van der Waals surface area contributed by atoms with Crippen LogP contribution in [0.1, 0.15) is 50.5 Å². The third-order valence-corrected chi connectivity index (χ3v) is 5.19. The highest BCUT2D eigenvalue weighted by atomic mass is 16.2. The number of rotatable bonds is 2. The lowest BCUT2D eigenvalue weighted by molar-refractivity contribution is 0.0733. The van der Waals surface area contributed by atoms with Crippen molar-refractivity contribution in [1.29, 1.82) is 0 Å². The van der Waals surface area contributed by atoms with E-state index in [9.17, 15) is 4.79 Å². The fourth-order valence-corrected chi connectivity index (χ4v) is 4.18. The van der Waals surface area contributed by atoms with E-state index in [1.165, 1.54) is 25.5 Å². The number of aromatic nitrogens is 3. The van der Waals surface area contributed by atoms with Crippen molar-refractivity contribution in [2.75, 3.05) is 0 Å². The molecular formula is C13H20N4O. The van der Waals surface area contributed by atoms with E-state index in [1.807, 2.05) is 0 Å². The maximum absolute atomic E-state index is 12.1. The number of amides is 1. The van der Waals surface area contributed by atoms with Crippen molar-refractivity contribution in [2.24, 2.45) is 16.7 Å². The van der Waals surface area contributed by atoms with Crippen molar-refractivity contribution in [3.8, 4) is 0 Å². The molecule has 2 fully saturated rings. The van der Waals surface area contributed by atoms with Crippen LogP contribution in [-0.4, -0.2) is 27.4 Å². The molecule has 0 aliphatic heterocycles. The Labute approximate surface area is 107 Å². The van der Waals surface area contributed by atoms with Gasteiger partial charge in [0.15, 0.2) is 5.69 Å². The topological polar surface area (TPSA) is 70.7 Å². The molecule has 3 atom stereocenters. The normalized spacial score (nSPS) is 36.8. The van der Waals surface area contributed by atoms with Crippen LogP contribution in [0.4, 0.5) is 0 Å². The van der Waals surface area contributed by atoms with Gasteiger partial charge in [-0.1, -0.05) is 20.8 Å². The van der Waals surface area contributed by atoms with Gasteiger partial charge in [0, 0.05) is 6.04 Å². The number of carbonyl (C=O) groups excluding carboxylic acids is 1. The molecule has 1 heterocycles. The molecule has 3 unspecified atom stereocenters. The molecule has 0 radical (unpaired) electrons. The quantitative estimate of drug-likeness (QED) is 0.837. The first kappa shape index (κ1) is 11.7. The van der Waals surface area contributed by atoms with Crippen LogP contribution in [0.3, 0.4) is 0 Å². The summed E-state index contributed by atoms with van der Waals surface area (Å²) in [5.41, 5.74) is 0.789. The smallest absolute Gasteiger partial charge is 0.273 e. The second-order valence-electron chi connectivity index (χ2n) is 6.68. The standard InChI is InChI=1S/C13H20N4O/c1-12(2)8-4-5-13(3,6-8)11(12)15-10(18)9-7-14-17-16-9/h7-8,11H,4-6H2,1-3H3,(H,15,18)(H,14,16,17). The van der Waals surface area contributed by atoms with Gasteiger partial charge in [0.1, 0.15) is 0 Å². The van der Waals surface area contributed by atoms with E-state index in [0.29, 0.717) is 5.69 Å².